The molecule has 1 atom stereocenters. The van der Waals surface area contributed by atoms with Crippen LogP contribution in [0.4, 0.5) is 4.79 Å². The van der Waals surface area contributed by atoms with E-state index in [9.17, 15) is 9.59 Å². The Bertz CT molecular complexity index is 614. The number of thiophene rings is 1. The van der Waals surface area contributed by atoms with Gasteiger partial charge in [-0.05, 0) is 28.1 Å². The van der Waals surface area contributed by atoms with Crippen molar-refractivity contribution in [1.82, 2.24) is 20.6 Å². The average molecular weight is 373 g/mol. The number of carbonyl (C=O) groups excluding carboxylic acids is 1. The normalized spacial score (nSPS) is 11.9. The molecule has 0 aliphatic rings. The molecule has 9 heteroatoms. The molecule has 7 nitrogen and oxygen atoms in total. The molecule has 1 unspecified atom stereocenters. The van der Waals surface area contributed by atoms with Crippen molar-refractivity contribution in [3.05, 3.63) is 39.0 Å². The van der Waals surface area contributed by atoms with E-state index in [1.807, 2.05) is 12.1 Å². The van der Waals surface area contributed by atoms with Gasteiger partial charge in [0, 0.05) is 23.2 Å². The van der Waals surface area contributed by atoms with Gasteiger partial charge in [-0.2, -0.15) is 0 Å². The minimum Gasteiger partial charge on any atom is -0.480 e. The topological polar surface area (TPSA) is 107 Å². The SMILES string of the molecule is O=C(NCc1ccc(Br)s1)NC(Cc1cnc[nH]1)C(=O)O. The number of imidazole rings is 1. The number of nitrogens with one attached hydrogen (secondary N) is 3. The van der Waals surface area contributed by atoms with Crippen LogP contribution in [0.1, 0.15) is 10.6 Å². The Hall–Kier alpha value is -1.87. The third kappa shape index (κ3) is 4.87. The minimum atomic E-state index is -1.10. The molecule has 0 saturated heterocycles. The average Bonchev–Trinajstić information content (AvgIpc) is 3.07. The molecule has 2 aromatic heterocycles. The van der Waals surface area contributed by atoms with Crippen LogP contribution in [0, 0.1) is 0 Å². The molecule has 0 aliphatic carbocycles. The maximum Gasteiger partial charge on any atom is 0.326 e. The molecule has 112 valence electrons. The smallest absolute Gasteiger partial charge is 0.326 e. The van der Waals surface area contributed by atoms with E-state index in [1.165, 1.54) is 23.9 Å². The maximum atomic E-state index is 11.7. The minimum absolute atomic E-state index is 0.146. The summed E-state index contributed by atoms with van der Waals surface area (Å²) in [6.07, 6.45) is 3.13. The first kappa shape index (κ1) is 15.5. The van der Waals surface area contributed by atoms with Gasteiger partial charge in [0.15, 0.2) is 0 Å². The molecule has 0 aliphatic heterocycles. The fourth-order valence-corrected chi connectivity index (χ4v) is 3.06. The lowest BCUT2D eigenvalue weighted by molar-refractivity contribution is -0.139. The summed E-state index contributed by atoms with van der Waals surface area (Å²) in [5.41, 5.74) is 0.643. The maximum absolute atomic E-state index is 11.7. The third-order valence-electron chi connectivity index (χ3n) is 2.63. The first-order valence-electron chi connectivity index (χ1n) is 6.03. The first-order chi connectivity index (χ1) is 10.0. The van der Waals surface area contributed by atoms with E-state index in [0.717, 1.165) is 8.66 Å². The van der Waals surface area contributed by atoms with Crippen LogP contribution in [0.5, 0.6) is 0 Å². The van der Waals surface area contributed by atoms with Crippen molar-refractivity contribution in [3.8, 4) is 0 Å². The van der Waals surface area contributed by atoms with Gasteiger partial charge in [0.05, 0.1) is 16.7 Å². The zero-order chi connectivity index (χ0) is 15.2. The molecule has 2 aromatic rings. The molecular formula is C12H13BrN4O3S. The van der Waals surface area contributed by atoms with Gasteiger partial charge in [0.2, 0.25) is 0 Å². The van der Waals surface area contributed by atoms with Gasteiger partial charge in [-0.3, -0.25) is 0 Å². The van der Waals surface area contributed by atoms with E-state index >= 15 is 0 Å². The summed E-state index contributed by atoms with van der Waals surface area (Å²) in [5, 5.41) is 14.2. The van der Waals surface area contributed by atoms with Crippen molar-refractivity contribution in [3.63, 3.8) is 0 Å². The largest absolute Gasteiger partial charge is 0.480 e. The molecule has 2 heterocycles. The van der Waals surface area contributed by atoms with Gasteiger partial charge in [0.1, 0.15) is 6.04 Å². The fourth-order valence-electron chi connectivity index (χ4n) is 1.64. The van der Waals surface area contributed by atoms with Crippen LogP contribution in [0.15, 0.2) is 28.4 Å². The number of nitrogens with zero attached hydrogens (tertiary/aromatic N) is 1. The standard InChI is InChI=1S/C12H13BrN4O3S/c13-10-2-1-8(21-10)5-15-12(20)17-9(11(18)19)3-7-4-14-6-16-7/h1-2,4,6,9H,3,5H2,(H,14,16)(H,18,19)(H2,15,17,20). The van der Waals surface area contributed by atoms with Crippen molar-refractivity contribution in [2.45, 2.75) is 19.0 Å². The number of H-pyrrole nitrogens is 1. The molecule has 2 amide bonds. The summed E-state index contributed by atoms with van der Waals surface area (Å²) in [7, 11) is 0. The lowest BCUT2D eigenvalue weighted by atomic mass is 10.2. The number of halogens is 1. The molecule has 0 radical (unpaired) electrons. The number of rotatable bonds is 6. The summed E-state index contributed by atoms with van der Waals surface area (Å²) < 4.78 is 0.974. The van der Waals surface area contributed by atoms with Crippen LogP contribution in [-0.2, 0) is 17.8 Å². The van der Waals surface area contributed by atoms with Gasteiger partial charge in [-0.1, -0.05) is 0 Å². The highest BCUT2D eigenvalue weighted by Crippen LogP contribution is 2.21. The molecule has 21 heavy (non-hydrogen) atoms. The van der Waals surface area contributed by atoms with Crippen LogP contribution >= 0.6 is 27.3 Å². The number of aromatic nitrogens is 2. The van der Waals surface area contributed by atoms with Crippen molar-refractivity contribution in [1.29, 1.82) is 0 Å². The number of carbonyl (C=O) groups is 2. The number of aliphatic carboxylic acids is 1. The van der Waals surface area contributed by atoms with Gasteiger partial charge in [-0.15, -0.1) is 11.3 Å². The van der Waals surface area contributed by atoms with E-state index in [-0.39, 0.29) is 6.42 Å². The number of aromatic amines is 1. The highest BCUT2D eigenvalue weighted by atomic mass is 79.9. The summed E-state index contributed by atoms with van der Waals surface area (Å²) in [4.78, 5) is 30.5. The fraction of sp³-hybridized carbons (Fsp3) is 0.250. The lowest BCUT2D eigenvalue weighted by Crippen LogP contribution is -2.46. The molecule has 4 N–H and O–H groups in total. The number of carboxylic acid groups (broad SMARTS) is 1. The lowest BCUT2D eigenvalue weighted by Gasteiger charge is -2.14. The second-order valence-corrected chi connectivity index (χ2v) is 6.75. The highest BCUT2D eigenvalue weighted by Gasteiger charge is 2.20. The molecule has 0 spiro atoms. The van der Waals surface area contributed by atoms with Crippen LogP contribution in [0.2, 0.25) is 0 Å². The van der Waals surface area contributed by atoms with Crippen molar-refractivity contribution in [2.24, 2.45) is 0 Å². The molecule has 0 aromatic carbocycles. The Morgan fingerprint density at radius 2 is 2.29 bits per heavy atom. The van der Waals surface area contributed by atoms with Crippen LogP contribution in [-0.4, -0.2) is 33.1 Å². The van der Waals surface area contributed by atoms with Gasteiger partial charge >= 0.3 is 12.0 Å². The van der Waals surface area contributed by atoms with E-state index in [0.29, 0.717) is 12.2 Å². The summed E-state index contributed by atoms with van der Waals surface area (Å²) in [6, 6.07) is 2.23. The Morgan fingerprint density at radius 1 is 1.48 bits per heavy atom. The van der Waals surface area contributed by atoms with E-state index in [4.69, 9.17) is 5.11 Å². The van der Waals surface area contributed by atoms with Gasteiger partial charge in [-0.25, -0.2) is 14.6 Å². The molecular weight excluding hydrogens is 360 g/mol. The quantitative estimate of drug-likeness (QED) is 0.619. The van der Waals surface area contributed by atoms with E-state index in [2.05, 4.69) is 36.5 Å². The zero-order valence-electron chi connectivity index (χ0n) is 10.8. The van der Waals surface area contributed by atoms with Crippen molar-refractivity contribution < 1.29 is 14.7 Å². The first-order valence-corrected chi connectivity index (χ1v) is 7.64. The van der Waals surface area contributed by atoms with Crippen LogP contribution < -0.4 is 10.6 Å². The number of hydrogen-bond acceptors (Lipinski definition) is 4. The Labute approximate surface area is 132 Å². The Morgan fingerprint density at radius 3 is 2.86 bits per heavy atom. The predicted octanol–water partition coefficient (Wildman–Crippen LogP) is 1.73. The summed E-state index contributed by atoms with van der Waals surface area (Å²) in [5.74, 6) is -1.10. The molecule has 0 saturated carbocycles. The highest BCUT2D eigenvalue weighted by molar-refractivity contribution is 9.11. The Balaban J connectivity index is 1.84. The van der Waals surface area contributed by atoms with Crippen molar-refractivity contribution in [2.75, 3.05) is 0 Å². The van der Waals surface area contributed by atoms with Gasteiger partial charge < -0.3 is 20.7 Å². The Kier molecular flexibility index (Phi) is 5.34. The third-order valence-corrected chi connectivity index (χ3v) is 4.26. The van der Waals surface area contributed by atoms with E-state index < -0.39 is 18.0 Å². The monoisotopic (exact) mass is 372 g/mol. The van der Waals surface area contributed by atoms with Crippen LogP contribution in [0.3, 0.4) is 0 Å². The number of carboxylic acids is 1. The summed E-state index contributed by atoms with van der Waals surface area (Å²) >= 11 is 4.84. The number of urea groups is 1. The van der Waals surface area contributed by atoms with Crippen molar-refractivity contribution >= 4 is 39.3 Å². The predicted molar refractivity (Wildman–Crippen MR) is 81.1 cm³/mol. The second kappa shape index (κ2) is 7.23. The number of hydrogen-bond donors (Lipinski definition) is 4. The molecule has 2 rings (SSSR count). The second-order valence-electron chi connectivity index (χ2n) is 4.20. The van der Waals surface area contributed by atoms with Crippen LogP contribution in [0.25, 0.3) is 0 Å². The number of amides is 2. The molecule has 0 bridgehead atoms. The zero-order valence-corrected chi connectivity index (χ0v) is 13.2. The van der Waals surface area contributed by atoms with Gasteiger partial charge in [0.25, 0.3) is 0 Å². The molecule has 0 fully saturated rings. The summed E-state index contributed by atoms with van der Waals surface area (Å²) in [6.45, 7) is 0.346. The van der Waals surface area contributed by atoms with E-state index in [1.54, 1.807) is 0 Å².